The van der Waals surface area contributed by atoms with Gasteiger partial charge >= 0.3 is 19.8 Å². The Bertz CT molecular complexity index is 1180. The van der Waals surface area contributed by atoms with Crippen molar-refractivity contribution < 1.29 is 42.1 Å². The van der Waals surface area contributed by atoms with E-state index in [0.29, 0.717) is 23.9 Å². The van der Waals surface area contributed by atoms with Crippen molar-refractivity contribution in [3.63, 3.8) is 0 Å². The molecule has 0 aromatic rings. The summed E-state index contributed by atoms with van der Waals surface area (Å²) in [7, 11) is 1.42. The molecule has 2 atom stereocenters. The molecule has 0 bridgehead atoms. The van der Waals surface area contributed by atoms with Gasteiger partial charge in [-0.05, 0) is 77.0 Å². The number of hydrogen-bond acceptors (Lipinski definition) is 7. The first kappa shape index (κ1) is 53.5. The Morgan fingerprint density at radius 3 is 1.55 bits per heavy atom. The lowest BCUT2D eigenvalue weighted by molar-refractivity contribution is -0.870. The summed E-state index contributed by atoms with van der Waals surface area (Å²) >= 11 is 0. The number of esters is 2. The van der Waals surface area contributed by atoms with E-state index in [1.807, 2.05) is 33.3 Å². The van der Waals surface area contributed by atoms with Crippen LogP contribution in [0.5, 0.6) is 0 Å². The van der Waals surface area contributed by atoms with Gasteiger partial charge in [-0.1, -0.05) is 138 Å². The molecule has 1 unspecified atom stereocenters. The van der Waals surface area contributed by atoms with Crippen molar-refractivity contribution in [2.45, 2.75) is 161 Å². The molecule has 10 heteroatoms. The van der Waals surface area contributed by atoms with E-state index in [4.69, 9.17) is 18.5 Å². The fraction of sp³-hybridized carbons (Fsp3) is 0.696. The minimum absolute atomic E-state index is 0.0159. The second-order valence-electron chi connectivity index (χ2n) is 15.4. The molecule has 0 amide bonds. The molecular weight excluding hydrogens is 725 g/mol. The predicted molar refractivity (Wildman–Crippen MR) is 233 cm³/mol. The average Bonchev–Trinajstić information content (AvgIpc) is 3.15. The van der Waals surface area contributed by atoms with E-state index in [0.717, 1.165) is 64.2 Å². The van der Waals surface area contributed by atoms with Crippen LogP contribution in [-0.4, -0.2) is 74.9 Å². The maximum absolute atomic E-state index is 12.7. The number of ether oxygens (including phenoxy) is 2. The van der Waals surface area contributed by atoms with E-state index in [-0.39, 0.29) is 26.1 Å². The number of quaternary nitrogens is 1. The molecule has 322 valence electrons. The Balaban J connectivity index is 4.51. The van der Waals surface area contributed by atoms with Crippen molar-refractivity contribution >= 4 is 19.8 Å². The van der Waals surface area contributed by atoms with Gasteiger partial charge in [-0.3, -0.25) is 18.6 Å². The predicted octanol–water partition coefficient (Wildman–Crippen LogP) is 12.2. The monoisotopic (exact) mass is 807 g/mol. The van der Waals surface area contributed by atoms with E-state index in [2.05, 4.69) is 74.6 Å². The standard InChI is InChI=1S/C46H80NO8P/c1-6-8-10-12-14-16-18-20-21-22-23-24-25-27-28-30-32-34-36-38-45(48)52-42-44(43-54-56(50,51)53-41-40-47(3,4)5)55-46(49)39-37-35-33-31-29-26-19-17-15-13-11-9-7-2/h14,16-17,19-21,23-24,27-28,32,34,44H,6-13,15,18,22,25-26,29-31,33,35-43H2,1-5H3/p+1/b16-14+,19-17+,21-20+,24-23+,28-27+,34-32+/t44-/m0/s1. The molecule has 0 aromatic heterocycles. The topological polar surface area (TPSA) is 108 Å². The van der Waals surface area contributed by atoms with Crippen LogP contribution in [0.3, 0.4) is 0 Å². The van der Waals surface area contributed by atoms with Gasteiger partial charge in [0.25, 0.3) is 0 Å². The highest BCUT2D eigenvalue weighted by Crippen LogP contribution is 2.43. The SMILES string of the molecule is CCCCC/C=C/C/C=C/C/C=C/C/C=C/C/C=C/CCC(=O)OC[C@@H](COP(=O)(O)OCC[N+](C)(C)C)OC(=O)CCCCCCC/C=C/CCCCCC. The molecule has 0 aliphatic carbocycles. The summed E-state index contributed by atoms with van der Waals surface area (Å²) < 4.78 is 34.2. The average molecular weight is 807 g/mol. The first-order valence-corrected chi connectivity index (χ1v) is 23.2. The van der Waals surface area contributed by atoms with E-state index < -0.39 is 32.5 Å². The van der Waals surface area contributed by atoms with Crippen molar-refractivity contribution in [1.82, 2.24) is 0 Å². The Morgan fingerprint density at radius 1 is 0.554 bits per heavy atom. The summed E-state index contributed by atoms with van der Waals surface area (Å²) in [6.07, 6.45) is 46.8. The van der Waals surface area contributed by atoms with E-state index in [9.17, 15) is 19.0 Å². The first-order valence-electron chi connectivity index (χ1n) is 21.7. The molecule has 0 aromatic carbocycles. The van der Waals surface area contributed by atoms with Crippen molar-refractivity contribution in [3.05, 3.63) is 72.9 Å². The lowest BCUT2D eigenvalue weighted by Crippen LogP contribution is -2.37. The van der Waals surface area contributed by atoms with Crippen LogP contribution in [0.15, 0.2) is 72.9 Å². The highest BCUT2D eigenvalue weighted by Gasteiger charge is 2.27. The minimum Gasteiger partial charge on any atom is -0.462 e. The zero-order valence-electron chi connectivity index (χ0n) is 36.1. The van der Waals surface area contributed by atoms with Crippen molar-refractivity contribution in [3.8, 4) is 0 Å². The lowest BCUT2D eigenvalue weighted by Gasteiger charge is -2.24. The van der Waals surface area contributed by atoms with Gasteiger partial charge in [0.2, 0.25) is 0 Å². The summed E-state index contributed by atoms with van der Waals surface area (Å²) in [4.78, 5) is 35.3. The van der Waals surface area contributed by atoms with E-state index in [1.54, 1.807) is 0 Å². The molecule has 1 N–H and O–H groups in total. The van der Waals surface area contributed by atoms with Gasteiger partial charge in [-0.2, -0.15) is 0 Å². The normalized spacial score (nSPS) is 14.3. The van der Waals surface area contributed by atoms with Crippen LogP contribution in [0.25, 0.3) is 0 Å². The molecular formula is C46H81NO8P+. The fourth-order valence-corrected chi connectivity index (χ4v) is 6.02. The Labute approximate surface area is 342 Å². The minimum atomic E-state index is -4.39. The van der Waals surface area contributed by atoms with Crippen LogP contribution < -0.4 is 0 Å². The molecule has 0 saturated carbocycles. The summed E-state index contributed by atoms with van der Waals surface area (Å²) in [5.41, 5.74) is 0. The van der Waals surface area contributed by atoms with E-state index >= 15 is 0 Å². The second-order valence-corrected chi connectivity index (χ2v) is 16.8. The van der Waals surface area contributed by atoms with Gasteiger partial charge in [-0.25, -0.2) is 4.57 Å². The summed E-state index contributed by atoms with van der Waals surface area (Å²) in [5, 5.41) is 0. The molecule has 0 heterocycles. The molecule has 0 aliphatic rings. The van der Waals surface area contributed by atoms with Gasteiger partial charge in [0.15, 0.2) is 6.10 Å². The fourth-order valence-electron chi connectivity index (χ4n) is 5.28. The Morgan fingerprint density at radius 2 is 1.00 bits per heavy atom. The van der Waals surface area contributed by atoms with Crippen LogP contribution in [-0.2, 0) is 32.7 Å². The van der Waals surface area contributed by atoms with Crippen LogP contribution >= 0.6 is 7.82 Å². The third-order valence-electron chi connectivity index (χ3n) is 8.72. The first-order chi connectivity index (χ1) is 27.0. The number of carbonyl (C=O) groups is 2. The number of rotatable bonds is 38. The highest BCUT2D eigenvalue weighted by molar-refractivity contribution is 7.47. The number of likely N-dealkylation sites (N-methyl/N-ethyl adjacent to an activating group) is 1. The number of allylic oxidation sites excluding steroid dienone is 12. The zero-order valence-corrected chi connectivity index (χ0v) is 37.0. The summed E-state index contributed by atoms with van der Waals surface area (Å²) in [6, 6.07) is 0. The smallest absolute Gasteiger partial charge is 0.462 e. The molecule has 56 heavy (non-hydrogen) atoms. The Kier molecular flexibility index (Phi) is 36.3. The second kappa shape index (κ2) is 38.0. The maximum Gasteiger partial charge on any atom is 0.472 e. The third-order valence-corrected chi connectivity index (χ3v) is 9.71. The molecule has 0 radical (unpaired) electrons. The number of phosphoric ester groups is 1. The molecule has 0 rings (SSSR count). The quantitative estimate of drug-likeness (QED) is 0.0216. The van der Waals surface area contributed by atoms with Gasteiger partial charge in [0, 0.05) is 12.8 Å². The van der Waals surface area contributed by atoms with Crippen molar-refractivity contribution in [2.24, 2.45) is 0 Å². The number of phosphoric acid groups is 1. The number of nitrogens with zero attached hydrogens (tertiary/aromatic N) is 1. The van der Waals surface area contributed by atoms with Crippen LogP contribution in [0.1, 0.15) is 155 Å². The number of hydrogen-bond donors (Lipinski definition) is 1. The molecule has 0 spiro atoms. The van der Waals surface area contributed by atoms with Crippen LogP contribution in [0.2, 0.25) is 0 Å². The van der Waals surface area contributed by atoms with Crippen LogP contribution in [0.4, 0.5) is 0 Å². The van der Waals surface area contributed by atoms with Crippen LogP contribution in [0, 0.1) is 0 Å². The molecule has 0 saturated heterocycles. The number of carbonyl (C=O) groups excluding carboxylic acids is 2. The van der Waals surface area contributed by atoms with E-state index in [1.165, 1.54) is 51.4 Å². The van der Waals surface area contributed by atoms with Crippen molar-refractivity contribution in [2.75, 3.05) is 47.5 Å². The molecule has 0 aliphatic heterocycles. The van der Waals surface area contributed by atoms with Gasteiger partial charge in [0.1, 0.15) is 19.8 Å². The highest BCUT2D eigenvalue weighted by atomic mass is 31.2. The van der Waals surface area contributed by atoms with Gasteiger partial charge in [-0.15, -0.1) is 0 Å². The Hall–Kier alpha value is -2.55. The molecule has 0 fully saturated rings. The zero-order chi connectivity index (χ0) is 41.4. The van der Waals surface area contributed by atoms with Crippen molar-refractivity contribution in [1.29, 1.82) is 0 Å². The molecule has 9 nitrogen and oxygen atoms in total. The maximum atomic E-state index is 12.7. The summed E-state index contributed by atoms with van der Waals surface area (Å²) in [5.74, 6) is -0.912. The number of unbranched alkanes of at least 4 members (excludes halogenated alkanes) is 12. The largest absolute Gasteiger partial charge is 0.472 e. The van der Waals surface area contributed by atoms with Gasteiger partial charge < -0.3 is 18.9 Å². The third kappa shape index (κ3) is 41.1. The van der Waals surface area contributed by atoms with Gasteiger partial charge in [0.05, 0.1) is 27.7 Å². The summed E-state index contributed by atoms with van der Waals surface area (Å²) in [6.45, 7) is 4.26. The lowest BCUT2D eigenvalue weighted by atomic mass is 10.1.